The van der Waals surface area contributed by atoms with Crippen molar-refractivity contribution in [3.63, 3.8) is 0 Å². The molecule has 1 heterocycles. The Bertz CT molecular complexity index is 310. The molecule has 1 aromatic rings. The van der Waals surface area contributed by atoms with Gasteiger partial charge in [0.1, 0.15) is 12.4 Å². The van der Waals surface area contributed by atoms with Crippen molar-refractivity contribution in [2.45, 2.75) is 33.9 Å². The molecule has 0 aliphatic heterocycles. The third-order valence-electron chi connectivity index (χ3n) is 2.52. The first-order valence-electron chi connectivity index (χ1n) is 6.65. The van der Waals surface area contributed by atoms with Gasteiger partial charge in [-0.15, -0.1) is 0 Å². The van der Waals surface area contributed by atoms with Gasteiger partial charge in [0.25, 0.3) is 0 Å². The minimum Gasteiger partial charge on any atom is -0.467 e. The molecule has 18 heavy (non-hydrogen) atoms. The van der Waals surface area contributed by atoms with Gasteiger partial charge in [-0.3, -0.25) is 0 Å². The highest BCUT2D eigenvalue weighted by molar-refractivity contribution is 5.16. The minimum atomic E-state index is 0.513. The van der Waals surface area contributed by atoms with Crippen LogP contribution in [0.25, 0.3) is 0 Å². The normalized spacial score (nSPS) is 11.3. The van der Waals surface area contributed by atoms with Crippen molar-refractivity contribution in [3.8, 4) is 0 Å². The maximum Gasteiger partial charge on any atom is 0.133 e. The summed E-state index contributed by atoms with van der Waals surface area (Å²) in [7, 11) is 0. The average Bonchev–Trinajstić information content (AvgIpc) is 2.76. The second-order valence-corrected chi connectivity index (χ2v) is 4.64. The summed E-state index contributed by atoms with van der Waals surface area (Å²) in [5, 5.41) is 3.40. The molecule has 0 spiro atoms. The standard InChI is InChI=1S/C14H25NO3/c1-4-16-7-8-17-11-14-13(5-6-18-14)10-15-9-12(2)3/h5-6,12,15H,4,7-11H2,1-3H3. The summed E-state index contributed by atoms with van der Waals surface area (Å²) in [6.07, 6.45) is 1.72. The van der Waals surface area contributed by atoms with Crippen LogP contribution in [0.1, 0.15) is 32.1 Å². The van der Waals surface area contributed by atoms with Crippen molar-refractivity contribution in [1.29, 1.82) is 0 Å². The van der Waals surface area contributed by atoms with E-state index in [0.717, 1.165) is 25.5 Å². The number of hydrogen-bond donors (Lipinski definition) is 1. The first-order valence-corrected chi connectivity index (χ1v) is 6.65. The molecule has 0 aromatic carbocycles. The lowest BCUT2D eigenvalue weighted by Crippen LogP contribution is -2.19. The van der Waals surface area contributed by atoms with Gasteiger partial charge in [-0.25, -0.2) is 0 Å². The molecule has 0 bridgehead atoms. The van der Waals surface area contributed by atoms with Crippen molar-refractivity contribution in [1.82, 2.24) is 5.32 Å². The highest BCUT2D eigenvalue weighted by atomic mass is 16.5. The molecule has 0 aliphatic carbocycles. The molecule has 0 saturated carbocycles. The molecular weight excluding hydrogens is 230 g/mol. The number of hydrogen-bond acceptors (Lipinski definition) is 4. The van der Waals surface area contributed by atoms with Crippen LogP contribution in [-0.4, -0.2) is 26.4 Å². The summed E-state index contributed by atoms with van der Waals surface area (Å²) in [5.41, 5.74) is 1.17. The van der Waals surface area contributed by atoms with E-state index < -0.39 is 0 Å². The molecule has 0 radical (unpaired) electrons. The Labute approximate surface area is 110 Å². The minimum absolute atomic E-state index is 0.513. The molecule has 0 unspecified atom stereocenters. The van der Waals surface area contributed by atoms with Gasteiger partial charge in [0.15, 0.2) is 0 Å². The summed E-state index contributed by atoms with van der Waals surface area (Å²) in [4.78, 5) is 0. The smallest absolute Gasteiger partial charge is 0.133 e. The molecule has 4 nitrogen and oxygen atoms in total. The summed E-state index contributed by atoms with van der Waals surface area (Å²) >= 11 is 0. The lowest BCUT2D eigenvalue weighted by molar-refractivity contribution is 0.0386. The van der Waals surface area contributed by atoms with E-state index in [0.29, 0.717) is 25.7 Å². The van der Waals surface area contributed by atoms with Gasteiger partial charge in [0.05, 0.1) is 19.5 Å². The maximum atomic E-state index is 5.50. The third kappa shape index (κ3) is 6.19. The molecule has 0 saturated heterocycles. The molecular formula is C14H25NO3. The van der Waals surface area contributed by atoms with Gasteiger partial charge in [-0.1, -0.05) is 13.8 Å². The lowest BCUT2D eigenvalue weighted by Gasteiger charge is -2.08. The van der Waals surface area contributed by atoms with Crippen LogP contribution < -0.4 is 5.32 Å². The number of nitrogens with one attached hydrogen (secondary N) is 1. The van der Waals surface area contributed by atoms with Crippen molar-refractivity contribution in [2.75, 3.05) is 26.4 Å². The van der Waals surface area contributed by atoms with E-state index in [-0.39, 0.29) is 0 Å². The molecule has 0 fully saturated rings. The fraction of sp³-hybridized carbons (Fsp3) is 0.714. The zero-order valence-electron chi connectivity index (χ0n) is 11.7. The van der Waals surface area contributed by atoms with E-state index in [1.165, 1.54) is 5.56 Å². The Morgan fingerprint density at radius 2 is 2.06 bits per heavy atom. The second kappa shape index (κ2) is 9.14. The van der Waals surface area contributed by atoms with E-state index in [1.807, 2.05) is 13.0 Å². The molecule has 4 heteroatoms. The first-order chi connectivity index (χ1) is 8.74. The van der Waals surface area contributed by atoms with Gasteiger partial charge in [0, 0.05) is 18.7 Å². The highest BCUT2D eigenvalue weighted by Crippen LogP contribution is 2.11. The van der Waals surface area contributed by atoms with E-state index in [2.05, 4.69) is 19.2 Å². The summed E-state index contributed by atoms with van der Waals surface area (Å²) in [6, 6.07) is 1.99. The van der Waals surface area contributed by atoms with Crippen LogP contribution in [0.2, 0.25) is 0 Å². The Balaban J connectivity index is 2.22. The molecule has 0 amide bonds. The predicted molar refractivity (Wildman–Crippen MR) is 71.4 cm³/mol. The Hall–Kier alpha value is -0.840. The average molecular weight is 255 g/mol. The quantitative estimate of drug-likeness (QED) is 0.653. The van der Waals surface area contributed by atoms with Gasteiger partial charge >= 0.3 is 0 Å². The summed E-state index contributed by atoms with van der Waals surface area (Å²) in [6.45, 7) is 10.7. The maximum absolute atomic E-state index is 5.50. The fourth-order valence-electron chi connectivity index (χ4n) is 1.57. The van der Waals surface area contributed by atoms with Crippen molar-refractivity contribution in [2.24, 2.45) is 5.92 Å². The molecule has 104 valence electrons. The molecule has 0 atom stereocenters. The number of furan rings is 1. The highest BCUT2D eigenvalue weighted by Gasteiger charge is 2.06. The molecule has 1 rings (SSSR count). The van der Waals surface area contributed by atoms with Gasteiger partial charge < -0.3 is 19.2 Å². The van der Waals surface area contributed by atoms with Crippen LogP contribution in [0, 0.1) is 5.92 Å². The number of rotatable bonds is 10. The van der Waals surface area contributed by atoms with Crippen LogP contribution in [-0.2, 0) is 22.6 Å². The van der Waals surface area contributed by atoms with Crippen molar-refractivity contribution >= 4 is 0 Å². The fourth-order valence-corrected chi connectivity index (χ4v) is 1.57. The molecule has 0 aliphatic rings. The van der Waals surface area contributed by atoms with Crippen molar-refractivity contribution in [3.05, 3.63) is 23.7 Å². The van der Waals surface area contributed by atoms with Crippen LogP contribution in [0.15, 0.2) is 16.7 Å². The Morgan fingerprint density at radius 3 is 2.78 bits per heavy atom. The van der Waals surface area contributed by atoms with Gasteiger partial charge in [-0.2, -0.15) is 0 Å². The second-order valence-electron chi connectivity index (χ2n) is 4.64. The molecule has 1 N–H and O–H groups in total. The Morgan fingerprint density at radius 1 is 1.28 bits per heavy atom. The zero-order valence-corrected chi connectivity index (χ0v) is 11.7. The van der Waals surface area contributed by atoms with Crippen molar-refractivity contribution < 1.29 is 13.9 Å². The van der Waals surface area contributed by atoms with Crippen LogP contribution >= 0.6 is 0 Å². The number of ether oxygens (including phenoxy) is 2. The van der Waals surface area contributed by atoms with Gasteiger partial charge in [-0.05, 0) is 25.5 Å². The topological polar surface area (TPSA) is 43.6 Å². The van der Waals surface area contributed by atoms with E-state index in [9.17, 15) is 0 Å². The van der Waals surface area contributed by atoms with Crippen LogP contribution in [0.3, 0.4) is 0 Å². The van der Waals surface area contributed by atoms with Crippen LogP contribution in [0.4, 0.5) is 0 Å². The Kier molecular flexibility index (Phi) is 7.73. The SMILES string of the molecule is CCOCCOCc1occc1CNCC(C)C. The van der Waals surface area contributed by atoms with Gasteiger partial charge in [0.2, 0.25) is 0 Å². The predicted octanol–water partition coefficient (Wildman–Crippen LogP) is 2.58. The van der Waals surface area contributed by atoms with E-state index in [4.69, 9.17) is 13.9 Å². The zero-order chi connectivity index (χ0) is 13.2. The van der Waals surface area contributed by atoms with E-state index in [1.54, 1.807) is 6.26 Å². The largest absolute Gasteiger partial charge is 0.467 e. The lowest BCUT2D eigenvalue weighted by atomic mass is 10.2. The first kappa shape index (κ1) is 15.2. The van der Waals surface area contributed by atoms with E-state index >= 15 is 0 Å². The summed E-state index contributed by atoms with van der Waals surface area (Å²) in [5.74, 6) is 1.56. The molecule has 1 aromatic heterocycles. The summed E-state index contributed by atoms with van der Waals surface area (Å²) < 4.78 is 16.1. The van der Waals surface area contributed by atoms with Crippen LogP contribution in [0.5, 0.6) is 0 Å². The monoisotopic (exact) mass is 255 g/mol. The third-order valence-corrected chi connectivity index (χ3v) is 2.52.